The Labute approximate surface area is 133 Å². The van der Waals surface area contributed by atoms with Crippen LogP contribution < -0.4 is 0 Å². The van der Waals surface area contributed by atoms with Crippen LogP contribution in [0.5, 0.6) is 0 Å². The lowest BCUT2D eigenvalue weighted by Gasteiger charge is -1.98. The summed E-state index contributed by atoms with van der Waals surface area (Å²) in [7, 11) is 0. The molecular weight excluding hydrogens is 356 g/mol. The summed E-state index contributed by atoms with van der Waals surface area (Å²) >= 11 is 6.70. The van der Waals surface area contributed by atoms with Crippen LogP contribution >= 0.6 is 39.0 Å². The Bertz CT molecular complexity index is 728. The zero-order valence-electron chi connectivity index (χ0n) is 10.4. The lowest BCUT2D eigenvalue weighted by atomic mass is 10.2. The topological polar surface area (TPSA) is 46.0 Å². The summed E-state index contributed by atoms with van der Waals surface area (Å²) in [5.74, 6) is 0.650. The van der Waals surface area contributed by atoms with Gasteiger partial charge < -0.3 is 5.11 Å². The standard InChI is InChI=1S/C14H11BrN2OS2/c15-10-3-1-9(2-4-10)12-7-11-13(20-12)14(17-8-16-11)19-6-5-18/h1-4,7-8,18H,5-6H2. The summed E-state index contributed by atoms with van der Waals surface area (Å²) in [5.41, 5.74) is 2.14. The molecule has 3 rings (SSSR count). The third kappa shape index (κ3) is 2.88. The van der Waals surface area contributed by atoms with E-state index in [0.29, 0.717) is 5.75 Å². The molecule has 0 saturated carbocycles. The van der Waals surface area contributed by atoms with E-state index in [1.54, 1.807) is 29.4 Å². The van der Waals surface area contributed by atoms with Gasteiger partial charge in [0, 0.05) is 15.1 Å². The summed E-state index contributed by atoms with van der Waals surface area (Å²) in [6.45, 7) is 0.154. The molecule has 0 aliphatic heterocycles. The summed E-state index contributed by atoms with van der Waals surface area (Å²) in [6, 6.07) is 10.3. The van der Waals surface area contributed by atoms with Gasteiger partial charge in [0.05, 0.1) is 16.8 Å². The predicted octanol–water partition coefficient (Wildman–Crippen LogP) is 4.21. The fourth-order valence-electron chi connectivity index (χ4n) is 1.83. The Hall–Kier alpha value is -0.950. The highest BCUT2D eigenvalue weighted by Gasteiger charge is 2.10. The Morgan fingerprint density at radius 1 is 1.20 bits per heavy atom. The number of hydrogen-bond acceptors (Lipinski definition) is 5. The van der Waals surface area contributed by atoms with Crippen LogP contribution in [0.2, 0.25) is 0 Å². The lowest BCUT2D eigenvalue weighted by Crippen LogP contribution is -1.88. The number of benzene rings is 1. The molecule has 1 N–H and O–H groups in total. The molecule has 102 valence electrons. The van der Waals surface area contributed by atoms with Gasteiger partial charge in [-0.1, -0.05) is 28.1 Å². The van der Waals surface area contributed by atoms with Crippen LogP contribution in [-0.4, -0.2) is 27.4 Å². The SMILES string of the molecule is OCCSc1ncnc2cc(-c3ccc(Br)cc3)sc12. The fourth-order valence-corrected chi connectivity index (χ4v) is 4.04. The Morgan fingerprint density at radius 2 is 2.00 bits per heavy atom. The minimum atomic E-state index is 0.154. The first kappa shape index (κ1) is 14.0. The van der Waals surface area contributed by atoms with Gasteiger partial charge in [-0.2, -0.15) is 0 Å². The van der Waals surface area contributed by atoms with E-state index in [9.17, 15) is 0 Å². The van der Waals surface area contributed by atoms with E-state index in [-0.39, 0.29) is 6.61 Å². The van der Waals surface area contributed by atoms with Crippen molar-refractivity contribution in [1.29, 1.82) is 0 Å². The second-order valence-corrected chi connectivity index (χ2v) is 7.13. The number of thioether (sulfide) groups is 1. The van der Waals surface area contributed by atoms with E-state index in [4.69, 9.17) is 5.11 Å². The van der Waals surface area contributed by atoms with Gasteiger partial charge in [-0.05, 0) is 23.8 Å². The summed E-state index contributed by atoms with van der Waals surface area (Å²) in [5, 5.41) is 9.89. The number of aliphatic hydroxyl groups excluding tert-OH is 1. The fraction of sp³-hybridized carbons (Fsp3) is 0.143. The highest BCUT2D eigenvalue weighted by Crippen LogP contribution is 2.37. The van der Waals surface area contributed by atoms with Crippen molar-refractivity contribution < 1.29 is 5.11 Å². The monoisotopic (exact) mass is 366 g/mol. The zero-order valence-corrected chi connectivity index (χ0v) is 13.6. The quantitative estimate of drug-likeness (QED) is 0.554. The molecule has 0 spiro atoms. The van der Waals surface area contributed by atoms with Crippen molar-refractivity contribution >= 4 is 49.2 Å². The van der Waals surface area contributed by atoms with Gasteiger partial charge in [-0.25, -0.2) is 9.97 Å². The van der Waals surface area contributed by atoms with Crippen LogP contribution in [0.25, 0.3) is 20.7 Å². The third-order valence-electron chi connectivity index (χ3n) is 2.74. The number of fused-ring (bicyclic) bond motifs is 1. The van der Waals surface area contributed by atoms with Crippen LogP contribution in [-0.2, 0) is 0 Å². The Balaban J connectivity index is 2.03. The van der Waals surface area contributed by atoms with Gasteiger partial charge in [0.1, 0.15) is 11.4 Å². The van der Waals surface area contributed by atoms with Crippen LogP contribution in [0.1, 0.15) is 0 Å². The normalized spacial score (nSPS) is 11.1. The molecule has 0 aliphatic rings. The Morgan fingerprint density at radius 3 is 2.75 bits per heavy atom. The Kier molecular flexibility index (Phi) is 4.35. The van der Waals surface area contributed by atoms with Crippen molar-refractivity contribution in [2.24, 2.45) is 0 Å². The third-order valence-corrected chi connectivity index (χ3v) is 5.54. The zero-order chi connectivity index (χ0) is 13.9. The maximum atomic E-state index is 8.94. The minimum Gasteiger partial charge on any atom is -0.396 e. The average molecular weight is 367 g/mol. The second kappa shape index (κ2) is 6.22. The molecule has 20 heavy (non-hydrogen) atoms. The van der Waals surface area contributed by atoms with E-state index in [1.807, 2.05) is 12.1 Å². The highest BCUT2D eigenvalue weighted by atomic mass is 79.9. The van der Waals surface area contributed by atoms with Crippen LogP contribution in [0.15, 0.2) is 46.2 Å². The van der Waals surface area contributed by atoms with Gasteiger partial charge in [-0.3, -0.25) is 0 Å². The second-order valence-electron chi connectivity index (χ2n) is 4.08. The van der Waals surface area contributed by atoms with Crippen LogP contribution in [0.3, 0.4) is 0 Å². The molecule has 2 aromatic heterocycles. The molecule has 0 fully saturated rings. The lowest BCUT2D eigenvalue weighted by molar-refractivity contribution is 0.322. The average Bonchev–Trinajstić information content (AvgIpc) is 2.90. The molecule has 1 aromatic carbocycles. The molecule has 0 amide bonds. The molecule has 0 unspecified atom stereocenters. The number of aliphatic hydroxyl groups is 1. The molecule has 0 saturated heterocycles. The van der Waals surface area contributed by atoms with Crippen LogP contribution in [0, 0.1) is 0 Å². The molecule has 0 radical (unpaired) electrons. The van der Waals surface area contributed by atoms with Gasteiger partial charge in [-0.15, -0.1) is 23.1 Å². The van der Waals surface area contributed by atoms with Crippen molar-refractivity contribution in [1.82, 2.24) is 9.97 Å². The summed E-state index contributed by atoms with van der Waals surface area (Å²) in [4.78, 5) is 9.82. The van der Waals surface area contributed by atoms with Crippen molar-refractivity contribution in [2.45, 2.75) is 5.03 Å². The molecule has 0 bridgehead atoms. The first-order chi connectivity index (χ1) is 9.78. The molecule has 0 atom stereocenters. The van der Waals surface area contributed by atoms with E-state index < -0.39 is 0 Å². The van der Waals surface area contributed by atoms with Crippen molar-refractivity contribution in [3.8, 4) is 10.4 Å². The number of nitrogens with zero attached hydrogens (tertiary/aromatic N) is 2. The molecule has 3 aromatic rings. The van der Waals surface area contributed by atoms with E-state index >= 15 is 0 Å². The van der Waals surface area contributed by atoms with Crippen molar-refractivity contribution in [3.63, 3.8) is 0 Å². The van der Waals surface area contributed by atoms with Gasteiger partial charge in [0.25, 0.3) is 0 Å². The number of thiophene rings is 1. The van der Waals surface area contributed by atoms with E-state index in [2.05, 4.69) is 44.1 Å². The van der Waals surface area contributed by atoms with Crippen LogP contribution in [0.4, 0.5) is 0 Å². The maximum Gasteiger partial charge on any atom is 0.117 e. The van der Waals surface area contributed by atoms with Gasteiger partial charge in [0.2, 0.25) is 0 Å². The van der Waals surface area contributed by atoms with Crippen molar-refractivity contribution in [2.75, 3.05) is 12.4 Å². The maximum absolute atomic E-state index is 8.94. The molecule has 6 heteroatoms. The van der Waals surface area contributed by atoms with Gasteiger partial charge >= 0.3 is 0 Å². The summed E-state index contributed by atoms with van der Waals surface area (Å²) in [6.07, 6.45) is 1.58. The first-order valence-corrected chi connectivity index (χ1v) is 8.61. The number of hydrogen-bond donors (Lipinski definition) is 1. The molecular formula is C14H11BrN2OS2. The minimum absolute atomic E-state index is 0.154. The number of aromatic nitrogens is 2. The van der Waals surface area contributed by atoms with Gasteiger partial charge in [0.15, 0.2) is 0 Å². The smallest absolute Gasteiger partial charge is 0.117 e. The van der Waals surface area contributed by atoms with E-state index in [0.717, 1.165) is 19.7 Å². The summed E-state index contributed by atoms with van der Waals surface area (Å²) < 4.78 is 2.16. The first-order valence-electron chi connectivity index (χ1n) is 6.02. The predicted molar refractivity (Wildman–Crippen MR) is 88.4 cm³/mol. The number of halogens is 1. The molecule has 2 heterocycles. The number of rotatable bonds is 4. The molecule has 3 nitrogen and oxygen atoms in total. The largest absolute Gasteiger partial charge is 0.396 e. The van der Waals surface area contributed by atoms with Crippen molar-refractivity contribution in [3.05, 3.63) is 41.1 Å². The molecule has 0 aliphatic carbocycles. The van der Waals surface area contributed by atoms with E-state index in [1.165, 1.54) is 10.4 Å². The highest BCUT2D eigenvalue weighted by molar-refractivity contribution is 9.10.